The van der Waals surface area contributed by atoms with E-state index in [4.69, 9.17) is 5.11 Å². The third-order valence-electron chi connectivity index (χ3n) is 3.47. The van der Waals surface area contributed by atoms with Crippen LogP contribution in [0.5, 0.6) is 0 Å². The van der Waals surface area contributed by atoms with Crippen molar-refractivity contribution in [3.8, 4) is 0 Å². The Morgan fingerprint density at radius 3 is 2.52 bits per heavy atom. The van der Waals surface area contributed by atoms with Crippen LogP contribution in [0.2, 0.25) is 0 Å². The quantitative estimate of drug-likeness (QED) is 0.694. The molecule has 1 aliphatic rings. The second-order valence-electron chi connectivity index (χ2n) is 5.93. The zero-order valence-electron chi connectivity index (χ0n) is 12.9. The summed E-state index contributed by atoms with van der Waals surface area (Å²) in [7, 11) is 0. The van der Waals surface area contributed by atoms with Crippen LogP contribution in [0.1, 0.15) is 33.6 Å². The minimum atomic E-state index is -1.06. The number of carbonyl (C=O) groups is 3. The molecule has 3 N–H and O–H groups in total. The largest absolute Gasteiger partial charge is 0.480 e. The Bertz CT molecular complexity index is 398. The summed E-state index contributed by atoms with van der Waals surface area (Å²) in [6, 6.07) is -1.07. The van der Waals surface area contributed by atoms with Crippen LogP contribution in [0.15, 0.2) is 0 Å². The lowest BCUT2D eigenvalue weighted by Crippen LogP contribution is -2.51. The van der Waals surface area contributed by atoms with E-state index < -0.39 is 12.0 Å². The molecule has 0 spiro atoms. The number of aliphatic carboxylic acids is 1. The number of hydrogen-bond donors (Lipinski definition) is 3. The van der Waals surface area contributed by atoms with Gasteiger partial charge in [0, 0.05) is 19.6 Å². The van der Waals surface area contributed by atoms with Crippen LogP contribution in [0.25, 0.3) is 0 Å². The molecule has 1 aliphatic heterocycles. The maximum Gasteiger partial charge on any atom is 0.325 e. The van der Waals surface area contributed by atoms with E-state index in [0.717, 1.165) is 6.42 Å². The van der Waals surface area contributed by atoms with Gasteiger partial charge in [0.25, 0.3) is 0 Å². The van der Waals surface area contributed by atoms with Gasteiger partial charge in [0.05, 0.1) is 5.92 Å². The summed E-state index contributed by atoms with van der Waals surface area (Å²) in [6.45, 7) is 7.02. The summed E-state index contributed by atoms with van der Waals surface area (Å²) in [5.74, 6) is -1.34. The lowest BCUT2D eigenvalue weighted by Gasteiger charge is -2.32. The molecule has 1 heterocycles. The number of rotatable bonds is 5. The normalized spacial score (nSPS) is 20.0. The number of nitrogens with one attached hydrogen (secondary N) is 2. The Morgan fingerprint density at radius 1 is 1.29 bits per heavy atom. The maximum atomic E-state index is 12.0. The molecule has 0 aromatic rings. The topological polar surface area (TPSA) is 98.7 Å². The molecule has 0 saturated carbocycles. The molecule has 2 atom stereocenters. The van der Waals surface area contributed by atoms with Gasteiger partial charge in [0.1, 0.15) is 6.04 Å². The molecule has 7 nitrogen and oxygen atoms in total. The number of carboxylic acid groups (broad SMARTS) is 1. The average Bonchev–Trinajstić information content (AvgIpc) is 2.44. The fraction of sp³-hybridized carbons (Fsp3) is 0.786. The predicted octanol–water partition coefficient (Wildman–Crippen LogP) is 0.653. The van der Waals surface area contributed by atoms with Crippen molar-refractivity contribution in [1.29, 1.82) is 0 Å². The first-order valence-electron chi connectivity index (χ1n) is 7.37. The van der Waals surface area contributed by atoms with E-state index >= 15 is 0 Å². The Morgan fingerprint density at radius 2 is 1.95 bits per heavy atom. The summed E-state index contributed by atoms with van der Waals surface area (Å²) in [6.07, 6.45) is 1.42. The van der Waals surface area contributed by atoms with Gasteiger partial charge in [-0.2, -0.15) is 0 Å². The third kappa shape index (κ3) is 5.61. The van der Waals surface area contributed by atoms with Crippen molar-refractivity contribution in [2.24, 2.45) is 11.8 Å². The highest BCUT2D eigenvalue weighted by Crippen LogP contribution is 2.17. The standard InChI is InChI=1S/C14H25N3O4/c1-9(2)7-15-14(21)17-6-4-5-11(8-17)12(18)16-10(3)13(19)20/h9-11H,4-8H2,1-3H3,(H,15,21)(H,16,18)(H,19,20)/t10-,11?/m0/s1. The lowest BCUT2D eigenvalue weighted by atomic mass is 9.97. The van der Waals surface area contributed by atoms with Gasteiger partial charge < -0.3 is 20.6 Å². The molecule has 1 unspecified atom stereocenters. The predicted molar refractivity (Wildman–Crippen MR) is 77.8 cm³/mol. The molecule has 0 radical (unpaired) electrons. The lowest BCUT2D eigenvalue weighted by molar-refractivity contribution is -0.142. The van der Waals surface area contributed by atoms with Crippen LogP contribution in [-0.4, -0.2) is 53.6 Å². The van der Waals surface area contributed by atoms with Gasteiger partial charge in [-0.3, -0.25) is 9.59 Å². The molecular weight excluding hydrogens is 274 g/mol. The smallest absolute Gasteiger partial charge is 0.325 e. The van der Waals surface area contributed by atoms with Crippen molar-refractivity contribution < 1.29 is 19.5 Å². The van der Waals surface area contributed by atoms with E-state index in [2.05, 4.69) is 10.6 Å². The molecule has 0 aromatic heterocycles. The van der Waals surface area contributed by atoms with Gasteiger partial charge in [-0.15, -0.1) is 0 Å². The van der Waals surface area contributed by atoms with Gasteiger partial charge in [-0.05, 0) is 25.7 Å². The van der Waals surface area contributed by atoms with Crippen LogP contribution in [0.3, 0.4) is 0 Å². The molecular formula is C14H25N3O4. The van der Waals surface area contributed by atoms with Gasteiger partial charge in [0.2, 0.25) is 5.91 Å². The summed E-state index contributed by atoms with van der Waals surface area (Å²) >= 11 is 0. The van der Waals surface area contributed by atoms with Crippen molar-refractivity contribution in [1.82, 2.24) is 15.5 Å². The van der Waals surface area contributed by atoms with E-state index in [1.165, 1.54) is 6.92 Å². The van der Waals surface area contributed by atoms with Gasteiger partial charge in [-0.25, -0.2) is 4.79 Å². The molecule has 0 aliphatic carbocycles. The van der Waals surface area contributed by atoms with E-state index in [1.54, 1.807) is 4.90 Å². The highest BCUT2D eigenvalue weighted by molar-refractivity contribution is 5.85. The SMILES string of the molecule is CC(C)CNC(=O)N1CCCC(C(=O)N[C@@H](C)C(=O)O)C1. The van der Waals surface area contributed by atoms with E-state index in [0.29, 0.717) is 32.0 Å². The second-order valence-corrected chi connectivity index (χ2v) is 5.93. The molecule has 120 valence electrons. The van der Waals surface area contributed by atoms with Crippen LogP contribution in [-0.2, 0) is 9.59 Å². The Balaban J connectivity index is 2.49. The average molecular weight is 299 g/mol. The van der Waals surface area contributed by atoms with Crippen molar-refractivity contribution in [3.05, 3.63) is 0 Å². The van der Waals surface area contributed by atoms with Crippen molar-refractivity contribution >= 4 is 17.9 Å². The fourth-order valence-electron chi connectivity index (χ4n) is 2.17. The molecule has 0 aromatic carbocycles. The first-order valence-corrected chi connectivity index (χ1v) is 7.37. The number of amides is 3. The molecule has 3 amide bonds. The number of hydrogen-bond acceptors (Lipinski definition) is 3. The van der Waals surface area contributed by atoms with E-state index in [1.807, 2.05) is 13.8 Å². The Hall–Kier alpha value is -1.79. The fourth-order valence-corrected chi connectivity index (χ4v) is 2.17. The minimum Gasteiger partial charge on any atom is -0.480 e. The summed E-state index contributed by atoms with van der Waals surface area (Å²) in [5, 5.41) is 14.1. The van der Waals surface area contributed by atoms with Crippen LogP contribution in [0.4, 0.5) is 4.79 Å². The Labute approximate surface area is 125 Å². The molecule has 21 heavy (non-hydrogen) atoms. The molecule has 0 bridgehead atoms. The summed E-state index contributed by atoms with van der Waals surface area (Å²) < 4.78 is 0. The minimum absolute atomic E-state index is 0.160. The van der Waals surface area contributed by atoms with Crippen molar-refractivity contribution in [2.45, 2.75) is 39.7 Å². The molecule has 7 heteroatoms. The number of nitrogens with zero attached hydrogens (tertiary/aromatic N) is 1. The number of urea groups is 1. The third-order valence-corrected chi connectivity index (χ3v) is 3.47. The van der Waals surface area contributed by atoms with Crippen molar-refractivity contribution in [3.63, 3.8) is 0 Å². The second kappa shape index (κ2) is 7.85. The highest BCUT2D eigenvalue weighted by atomic mass is 16.4. The van der Waals surface area contributed by atoms with Crippen LogP contribution in [0, 0.1) is 11.8 Å². The molecule has 1 saturated heterocycles. The number of carboxylic acids is 1. The highest BCUT2D eigenvalue weighted by Gasteiger charge is 2.29. The maximum absolute atomic E-state index is 12.0. The molecule has 1 fully saturated rings. The van der Waals surface area contributed by atoms with Crippen molar-refractivity contribution in [2.75, 3.05) is 19.6 Å². The van der Waals surface area contributed by atoms with E-state index in [-0.39, 0.29) is 17.9 Å². The van der Waals surface area contributed by atoms with Gasteiger partial charge in [0.15, 0.2) is 0 Å². The monoisotopic (exact) mass is 299 g/mol. The first-order chi connectivity index (χ1) is 9.81. The Kier molecular flexibility index (Phi) is 6.45. The van der Waals surface area contributed by atoms with Crippen LogP contribution < -0.4 is 10.6 Å². The van der Waals surface area contributed by atoms with E-state index in [9.17, 15) is 14.4 Å². The van der Waals surface area contributed by atoms with Crippen LogP contribution >= 0.6 is 0 Å². The molecule has 1 rings (SSSR count). The van der Waals surface area contributed by atoms with Gasteiger partial charge in [-0.1, -0.05) is 13.8 Å². The van der Waals surface area contributed by atoms with Gasteiger partial charge >= 0.3 is 12.0 Å². The number of carbonyl (C=O) groups excluding carboxylic acids is 2. The zero-order valence-corrected chi connectivity index (χ0v) is 12.9. The summed E-state index contributed by atoms with van der Waals surface area (Å²) in [4.78, 5) is 36.4. The number of piperidine rings is 1. The number of likely N-dealkylation sites (tertiary alicyclic amines) is 1. The summed E-state index contributed by atoms with van der Waals surface area (Å²) in [5.41, 5.74) is 0. The first kappa shape index (κ1) is 17.3. The zero-order chi connectivity index (χ0) is 16.0.